The van der Waals surface area contributed by atoms with Crippen molar-refractivity contribution in [3.05, 3.63) is 47.5 Å². The molecule has 0 aliphatic carbocycles. The summed E-state index contributed by atoms with van der Waals surface area (Å²) in [5.74, 6) is 1.76. The van der Waals surface area contributed by atoms with Gasteiger partial charge in [0.2, 0.25) is 0 Å². The van der Waals surface area contributed by atoms with Crippen molar-refractivity contribution in [3.63, 3.8) is 0 Å². The number of rotatable bonds is 6. The normalized spacial score (nSPS) is 10.6. The standard InChI is InChI=1S/C13H17N3O/c1-2-12-14-13(16-15-12)8-9-17-10-11-6-4-3-5-7-11/h3-7H,2,8-10H2,1H3,(H,14,15,16). The first-order valence-electron chi connectivity index (χ1n) is 5.90. The van der Waals surface area contributed by atoms with E-state index in [1.165, 1.54) is 5.56 Å². The fourth-order valence-electron chi connectivity index (χ4n) is 1.54. The Morgan fingerprint density at radius 2 is 2.06 bits per heavy atom. The summed E-state index contributed by atoms with van der Waals surface area (Å²) < 4.78 is 5.58. The quantitative estimate of drug-likeness (QED) is 0.775. The van der Waals surface area contributed by atoms with Gasteiger partial charge in [0, 0.05) is 12.8 Å². The van der Waals surface area contributed by atoms with Gasteiger partial charge in [-0.2, -0.15) is 5.10 Å². The molecule has 0 saturated heterocycles. The minimum atomic E-state index is 0.648. The maximum Gasteiger partial charge on any atom is 0.150 e. The molecular formula is C13H17N3O. The number of hydrogen-bond donors (Lipinski definition) is 1. The third-order valence-corrected chi connectivity index (χ3v) is 2.49. The molecule has 4 heteroatoms. The van der Waals surface area contributed by atoms with E-state index in [4.69, 9.17) is 4.74 Å². The highest BCUT2D eigenvalue weighted by Crippen LogP contribution is 2.01. The zero-order valence-electron chi connectivity index (χ0n) is 10.0. The minimum Gasteiger partial charge on any atom is -0.376 e. The van der Waals surface area contributed by atoms with Crippen molar-refractivity contribution in [2.75, 3.05) is 6.61 Å². The van der Waals surface area contributed by atoms with Crippen molar-refractivity contribution in [1.82, 2.24) is 15.2 Å². The predicted molar refractivity (Wildman–Crippen MR) is 65.6 cm³/mol. The van der Waals surface area contributed by atoms with Crippen LogP contribution < -0.4 is 0 Å². The third-order valence-electron chi connectivity index (χ3n) is 2.49. The Kier molecular flexibility index (Phi) is 4.27. The number of ether oxygens (including phenoxy) is 1. The molecular weight excluding hydrogens is 214 g/mol. The van der Waals surface area contributed by atoms with E-state index in [0.717, 1.165) is 24.5 Å². The fraction of sp³-hybridized carbons (Fsp3) is 0.385. The summed E-state index contributed by atoms with van der Waals surface area (Å²) in [6.07, 6.45) is 1.64. The molecule has 2 aromatic rings. The molecule has 0 fully saturated rings. The smallest absolute Gasteiger partial charge is 0.150 e. The van der Waals surface area contributed by atoms with Crippen LogP contribution in [0.15, 0.2) is 30.3 Å². The Labute approximate surface area is 101 Å². The number of aryl methyl sites for hydroxylation is 1. The highest BCUT2D eigenvalue weighted by Gasteiger charge is 2.00. The van der Waals surface area contributed by atoms with Crippen molar-refractivity contribution >= 4 is 0 Å². The van der Waals surface area contributed by atoms with Gasteiger partial charge >= 0.3 is 0 Å². The molecule has 0 aliphatic rings. The average molecular weight is 231 g/mol. The molecule has 0 radical (unpaired) electrons. The van der Waals surface area contributed by atoms with Crippen molar-refractivity contribution < 1.29 is 4.74 Å². The Morgan fingerprint density at radius 3 is 2.76 bits per heavy atom. The van der Waals surface area contributed by atoms with Crippen molar-refractivity contribution in [2.24, 2.45) is 0 Å². The first kappa shape index (κ1) is 11.8. The van der Waals surface area contributed by atoms with E-state index in [1.807, 2.05) is 25.1 Å². The molecule has 90 valence electrons. The molecule has 4 nitrogen and oxygen atoms in total. The maximum atomic E-state index is 5.58. The van der Waals surface area contributed by atoms with Crippen LogP contribution in [0.3, 0.4) is 0 Å². The molecule has 0 amide bonds. The molecule has 1 aromatic heterocycles. The van der Waals surface area contributed by atoms with Crippen molar-refractivity contribution in [2.45, 2.75) is 26.4 Å². The van der Waals surface area contributed by atoms with E-state index < -0.39 is 0 Å². The van der Waals surface area contributed by atoms with E-state index in [0.29, 0.717) is 13.2 Å². The predicted octanol–water partition coefficient (Wildman–Crippen LogP) is 2.13. The lowest BCUT2D eigenvalue weighted by Crippen LogP contribution is -2.00. The van der Waals surface area contributed by atoms with Gasteiger partial charge in [0.1, 0.15) is 11.6 Å². The number of hydrogen-bond acceptors (Lipinski definition) is 3. The van der Waals surface area contributed by atoms with E-state index in [-0.39, 0.29) is 0 Å². The molecule has 1 N–H and O–H groups in total. The Balaban J connectivity index is 1.69. The summed E-state index contributed by atoms with van der Waals surface area (Å²) in [6.45, 7) is 3.35. The molecule has 2 rings (SSSR count). The molecule has 0 bridgehead atoms. The van der Waals surface area contributed by atoms with Gasteiger partial charge in [-0.05, 0) is 5.56 Å². The average Bonchev–Trinajstić information content (AvgIpc) is 2.84. The van der Waals surface area contributed by atoms with Crippen LogP contribution in [0.5, 0.6) is 0 Å². The SMILES string of the molecule is CCc1n[nH]c(CCOCc2ccccc2)n1. The summed E-state index contributed by atoms with van der Waals surface area (Å²) in [4.78, 5) is 4.33. The number of aromatic amines is 1. The Morgan fingerprint density at radius 1 is 1.24 bits per heavy atom. The highest BCUT2D eigenvalue weighted by atomic mass is 16.5. The van der Waals surface area contributed by atoms with Crippen molar-refractivity contribution in [3.8, 4) is 0 Å². The van der Waals surface area contributed by atoms with Crippen LogP contribution in [0.4, 0.5) is 0 Å². The largest absolute Gasteiger partial charge is 0.376 e. The molecule has 0 aliphatic heterocycles. The van der Waals surface area contributed by atoms with Gasteiger partial charge in [0.25, 0.3) is 0 Å². The fourth-order valence-corrected chi connectivity index (χ4v) is 1.54. The van der Waals surface area contributed by atoms with Gasteiger partial charge in [-0.25, -0.2) is 4.98 Å². The van der Waals surface area contributed by atoms with Crippen LogP contribution in [-0.4, -0.2) is 21.8 Å². The van der Waals surface area contributed by atoms with Gasteiger partial charge in [-0.3, -0.25) is 5.10 Å². The van der Waals surface area contributed by atoms with Gasteiger partial charge in [0.05, 0.1) is 13.2 Å². The maximum absolute atomic E-state index is 5.58. The number of benzene rings is 1. The van der Waals surface area contributed by atoms with Crippen LogP contribution >= 0.6 is 0 Å². The molecule has 0 spiro atoms. The summed E-state index contributed by atoms with van der Waals surface area (Å²) >= 11 is 0. The minimum absolute atomic E-state index is 0.648. The number of nitrogens with zero attached hydrogens (tertiary/aromatic N) is 2. The number of H-pyrrole nitrogens is 1. The Hall–Kier alpha value is -1.68. The summed E-state index contributed by atoms with van der Waals surface area (Å²) in [6, 6.07) is 10.2. The topological polar surface area (TPSA) is 50.8 Å². The first-order chi connectivity index (χ1) is 8.38. The summed E-state index contributed by atoms with van der Waals surface area (Å²) in [5, 5.41) is 6.99. The second-order valence-electron chi connectivity index (χ2n) is 3.84. The molecule has 0 atom stereocenters. The van der Waals surface area contributed by atoms with E-state index >= 15 is 0 Å². The van der Waals surface area contributed by atoms with E-state index in [1.54, 1.807) is 0 Å². The third kappa shape index (κ3) is 3.67. The lowest BCUT2D eigenvalue weighted by atomic mass is 10.2. The van der Waals surface area contributed by atoms with Gasteiger partial charge in [-0.15, -0.1) is 0 Å². The van der Waals surface area contributed by atoms with Gasteiger partial charge in [0.15, 0.2) is 0 Å². The summed E-state index contributed by atoms with van der Waals surface area (Å²) in [7, 11) is 0. The molecule has 0 unspecified atom stereocenters. The second kappa shape index (κ2) is 6.15. The second-order valence-corrected chi connectivity index (χ2v) is 3.84. The van der Waals surface area contributed by atoms with E-state index in [9.17, 15) is 0 Å². The van der Waals surface area contributed by atoms with Gasteiger partial charge < -0.3 is 4.74 Å². The van der Waals surface area contributed by atoms with Crippen LogP contribution in [-0.2, 0) is 24.2 Å². The number of aromatic nitrogens is 3. The van der Waals surface area contributed by atoms with Crippen LogP contribution in [0.25, 0.3) is 0 Å². The van der Waals surface area contributed by atoms with Crippen LogP contribution in [0.1, 0.15) is 24.1 Å². The van der Waals surface area contributed by atoms with E-state index in [2.05, 4.69) is 27.3 Å². The lowest BCUT2D eigenvalue weighted by molar-refractivity contribution is 0.122. The first-order valence-corrected chi connectivity index (χ1v) is 5.90. The lowest BCUT2D eigenvalue weighted by Gasteiger charge is -2.02. The van der Waals surface area contributed by atoms with Gasteiger partial charge in [-0.1, -0.05) is 37.3 Å². The molecule has 1 heterocycles. The monoisotopic (exact) mass is 231 g/mol. The molecule has 0 saturated carbocycles. The Bertz CT molecular complexity index is 439. The zero-order chi connectivity index (χ0) is 11.9. The van der Waals surface area contributed by atoms with Crippen LogP contribution in [0.2, 0.25) is 0 Å². The summed E-state index contributed by atoms with van der Waals surface area (Å²) in [5.41, 5.74) is 1.19. The highest BCUT2D eigenvalue weighted by molar-refractivity contribution is 5.13. The van der Waals surface area contributed by atoms with Crippen molar-refractivity contribution in [1.29, 1.82) is 0 Å². The molecule has 1 aromatic carbocycles. The number of nitrogens with one attached hydrogen (secondary N) is 1. The van der Waals surface area contributed by atoms with Crippen LogP contribution in [0, 0.1) is 0 Å². The molecule has 17 heavy (non-hydrogen) atoms. The zero-order valence-corrected chi connectivity index (χ0v) is 10.0.